The fraction of sp³-hybridized carbons (Fsp3) is 0.115. The van der Waals surface area contributed by atoms with Crippen LogP contribution in [0, 0.1) is 5.82 Å². The molecule has 0 aliphatic rings. The molecule has 3 aromatic carbocycles. The second kappa shape index (κ2) is 8.50. The summed E-state index contributed by atoms with van der Waals surface area (Å²) in [6.07, 6.45) is -2.93. The Morgan fingerprint density at radius 1 is 0.943 bits per heavy atom. The maximum Gasteiger partial charge on any atom is 0.573 e. The number of nitrogens with zero attached hydrogens (tertiary/aromatic N) is 2. The van der Waals surface area contributed by atoms with Gasteiger partial charge in [-0.2, -0.15) is 0 Å². The van der Waals surface area contributed by atoms with Gasteiger partial charge in [0.2, 0.25) is 0 Å². The number of hydrogen-bond donors (Lipinski definition) is 1. The minimum Gasteiger partial charge on any atom is -0.406 e. The van der Waals surface area contributed by atoms with Gasteiger partial charge in [-0.3, -0.25) is 4.79 Å². The average molecular weight is 481 g/mol. The second-order valence-corrected chi connectivity index (χ2v) is 8.17. The topological polar surface area (TPSA) is 48.2 Å². The minimum atomic E-state index is -4.84. The maximum absolute atomic E-state index is 13.8. The third-order valence-electron chi connectivity index (χ3n) is 5.71. The molecule has 0 fully saturated rings. The first-order valence-electron chi connectivity index (χ1n) is 10.7. The third-order valence-corrected chi connectivity index (χ3v) is 5.71. The molecule has 5 aromatic rings. The van der Waals surface area contributed by atoms with Crippen molar-refractivity contribution >= 4 is 33.4 Å². The first kappa shape index (κ1) is 22.5. The fourth-order valence-electron chi connectivity index (χ4n) is 4.18. The highest BCUT2D eigenvalue weighted by atomic mass is 19.4. The molecule has 0 radical (unpaired) electrons. The second-order valence-electron chi connectivity index (χ2n) is 8.17. The zero-order valence-corrected chi connectivity index (χ0v) is 18.4. The van der Waals surface area contributed by atoms with E-state index in [9.17, 15) is 22.4 Å². The van der Waals surface area contributed by atoms with E-state index in [1.165, 1.54) is 36.4 Å². The summed E-state index contributed by atoms with van der Waals surface area (Å²) in [7, 11) is 1.92. The summed E-state index contributed by atoms with van der Waals surface area (Å²) in [6.45, 7) is 0.140. The van der Waals surface area contributed by atoms with E-state index in [4.69, 9.17) is 0 Å². The number of rotatable bonds is 5. The summed E-state index contributed by atoms with van der Waals surface area (Å²) in [6, 6.07) is 18.7. The van der Waals surface area contributed by atoms with Gasteiger partial charge in [0.1, 0.15) is 17.3 Å². The average Bonchev–Trinajstić information content (AvgIpc) is 3.33. The van der Waals surface area contributed by atoms with Gasteiger partial charge in [0.05, 0.1) is 0 Å². The van der Waals surface area contributed by atoms with Crippen LogP contribution in [-0.2, 0) is 13.6 Å². The standard InChI is InChI=1S/C26H19F4N3O2/c1-32-10-9-17-12-20(5-7-22(17)32)31-25(34)24-14-18-13-21(35-26(28,29)30)6-8-23(18)33(24)15-16-3-2-4-19(27)11-16/h2-14H,15H2,1H3,(H,31,34). The van der Waals surface area contributed by atoms with Crippen LogP contribution in [-0.4, -0.2) is 21.4 Å². The molecule has 178 valence electrons. The first-order chi connectivity index (χ1) is 16.7. The van der Waals surface area contributed by atoms with E-state index in [1.54, 1.807) is 22.8 Å². The van der Waals surface area contributed by atoms with Crippen LogP contribution in [0.1, 0.15) is 16.1 Å². The number of amides is 1. The summed E-state index contributed by atoms with van der Waals surface area (Å²) >= 11 is 0. The number of aromatic nitrogens is 2. The van der Waals surface area contributed by atoms with Crippen molar-refractivity contribution in [1.82, 2.24) is 9.13 Å². The SMILES string of the molecule is Cn1ccc2cc(NC(=O)c3cc4cc(OC(F)(F)F)ccc4n3Cc3cccc(F)c3)ccc21. The van der Waals surface area contributed by atoms with Gasteiger partial charge in [-0.25, -0.2) is 4.39 Å². The summed E-state index contributed by atoms with van der Waals surface area (Å²) in [5.74, 6) is -1.28. The van der Waals surface area contributed by atoms with E-state index >= 15 is 0 Å². The normalized spacial score (nSPS) is 11.8. The Morgan fingerprint density at radius 2 is 1.74 bits per heavy atom. The number of carbonyl (C=O) groups is 1. The van der Waals surface area contributed by atoms with Gasteiger partial charge < -0.3 is 19.2 Å². The van der Waals surface area contributed by atoms with Gasteiger partial charge in [0.15, 0.2) is 0 Å². The number of nitrogens with one attached hydrogen (secondary N) is 1. The monoisotopic (exact) mass is 481 g/mol. The van der Waals surface area contributed by atoms with E-state index in [0.29, 0.717) is 22.2 Å². The third kappa shape index (κ3) is 4.70. The van der Waals surface area contributed by atoms with Crippen molar-refractivity contribution in [3.8, 4) is 5.75 Å². The lowest BCUT2D eigenvalue weighted by Crippen LogP contribution is -2.17. The number of anilines is 1. The van der Waals surface area contributed by atoms with Gasteiger partial charge >= 0.3 is 6.36 Å². The van der Waals surface area contributed by atoms with Crippen LogP contribution < -0.4 is 10.1 Å². The molecule has 0 saturated carbocycles. The molecule has 0 atom stereocenters. The Morgan fingerprint density at radius 3 is 2.51 bits per heavy atom. The predicted octanol–water partition coefficient (Wildman–Crippen LogP) is 6.47. The number of fused-ring (bicyclic) bond motifs is 2. The molecule has 0 bridgehead atoms. The van der Waals surface area contributed by atoms with Crippen molar-refractivity contribution in [2.45, 2.75) is 12.9 Å². The Kier molecular flexibility index (Phi) is 5.47. The van der Waals surface area contributed by atoms with Gasteiger partial charge in [-0.15, -0.1) is 13.2 Å². The maximum atomic E-state index is 13.8. The lowest BCUT2D eigenvalue weighted by molar-refractivity contribution is -0.274. The number of ether oxygens (including phenoxy) is 1. The number of alkyl halides is 3. The van der Waals surface area contributed by atoms with Crippen LogP contribution in [0.15, 0.2) is 79.0 Å². The van der Waals surface area contributed by atoms with Crippen LogP contribution in [0.3, 0.4) is 0 Å². The smallest absolute Gasteiger partial charge is 0.406 e. The highest BCUT2D eigenvalue weighted by Gasteiger charge is 2.31. The molecule has 2 aromatic heterocycles. The molecule has 9 heteroatoms. The molecule has 0 unspecified atom stereocenters. The number of aryl methyl sites for hydroxylation is 1. The lowest BCUT2D eigenvalue weighted by atomic mass is 10.2. The van der Waals surface area contributed by atoms with Crippen molar-refractivity contribution in [3.05, 3.63) is 96.1 Å². The molecular formula is C26H19F4N3O2. The van der Waals surface area contributed by atoms with Gasteiger partial charge in [-0.05, 0) is 66.2 Å². The molecule has 0 aliphatic carbocycles. The molecule has 5 rings (SSSR count). The van der Waals surface area contributed by atoms with Crippen molar-refractivity contribution < 1.29 is 27.1 Å². The van der Waals surface area contributed by atoms with Crippen molar-refractivity contribution in [1.29, 1.82) is 0 Å². The zero-order valence-electron chi connectivity index (χ0n) is 18.4. The van der Waals surface area contributed by atoms with Crippen LogP contribution in [0.25, 0.3) is 21.8 Å². The number of benzene rings is 3. The summed E-state index contributed by atoms with van der Waals surface area (Å²) in [4.78, 5) is 13.3. The Hall–Kier alpha value is -4.27. The van der Waals surface area contributed by atoms with E-state index in [-0.39, 0.29) is 12.2 Å². The van der Waals surface area contributed by atoms with Gasteiger partial charge in [0, 0.05) is 47.3 Å². The first-order valence-corrected chi connectivity index (χ1v) is 10.7. The molecule has 2 heterocycles. The molecule has 0 spiro atoms. The van der Waals surface area contributed by atoms with E-state index in [0.717, 1.165) is 10.9 Å². The van der Waals surface area contributed by atoms with Gasteiger partial charge in [-0.1, -0.05) is 12.1 Å². The Balaban J connectivity index is 1.54. The number of carbonyl (C=O) groups excluding carboxylic acids is 1. The van der Waals surface area contributed by atoms with E-state index in [2.05, 4.69) is 10.1 Å². The molecule has 0 saturated heterocycles. The molecule has 1 amide bonds. The van der Waals surface area contributed by atoms with Crippen LogP contribution in [0.2, 0.25) is 0 Å². The quantitative estimate of drug-likeness (QED) is 0.293. The largest absolute Gasteiger partial charge is 0.573 e. The Bertz CT molecular complexity index is 1570. The van der Waals surface area contributed by atoms with E-state index in [1.807, 2.05) is 36.0 Å². The van der Waals surface area contributed by atoms with Crippen molar-refractivity contribution in [2.75, 3.05) is 5.32 Å². The zero-order chi connectivity index (χ0) is 24.7. The highest BCUT2D eigenvalue weighted by Crippen LogP contribution is 2.30. The predicted molar refractivity (Wildman–Crippen MR) is 125 cm³/mol. The molecule has 35 heavy (non-hydrogen) atoms. The number of halogens is 4. The molecule has 5 nitrogen and oxygen atoms in total. The summed E-state index contributed by atoms with van der Waals surface area (Å²) < 4.78 is 59.5. The Labute approximate surface area is 197 Å². The minimum absolute atomic E-state index is 0.140. The van der Waals surface area contributed by atoms with Crippen LogP contribution >= 0.6 is 0 Å². The highest BCUT2D eigenvalue weighted by molar-refractivity contribution is 6.07. The molecular weight excluding hydrogens is 462 g/mol. The summed E-state index contributed by atoms with van der Waals surface area (Å²) in [5.41, 5.74) is 2.88. The number of hydrogen-bond acceptors (Lipinski definition) is 2. The lowest BCUT2D eigenvalue weighted by Gasteiger charge is -2.12. The van der Waals surface area contributed by atoms with Crippen molar-refractivity contribution in [2.24, 2.45) is 7.05 Å². The fourth-order valence-corrected chi connectivity index (χ4v) is 4.18. The van der Waals surface area contributed by atoms with Crippen LogP contribution in [0.5, 0.6) is 5.75 Å². The molecule has 0 aliphatic heterocycles. The van der Waals surface area contributed by atoms with Crippen LogP contribution in [0.4, 0.5) is 23.2 Å². The summed E-state index contributed by atoms with van der Waals surface area (Å²) in [5, 5.41) is 4.18. The van der Waals surface area contributed by atoms with Gasteiger partial charge in [0.25, 0.3) is 5.91 Å². The molecule has 1 N–H and O–H groups in total. The van der Waals surface area contributed by atoms with E-state index < -0.39 is 23.8 Å². The van der Waals surface area contributed by atoms with Crippen molar-refractivity contribution in [3.63, 3.8) is 0 Å².